The van der Waals surface area contributed by atoms with E-state index in [1.807, 2.05) is 63.2 Å². The van der Waals surface area contributed by atoms with Gasteiger partial charge in [0.2, 0.25) is 0 Å². The molecule has 0 spiro atoms. The number of amides is 1. The standard InChI is InChI=1S/C20H20N4O/c1-13-7-4-5-10-16(13)21-18-12-11-17(23-24-18)20(25)22-19-14(2)8-6-9-15(19)3/h4-12H,1-3H3,(H,21,24)(H,22,25). The number of aromatic nitrogens is 2. The number of rotatable bonds is 4. The molecule has 1 aromatic heterocycles. The average Bonchev–Trinajstić information content (AvgIpc) is 2.61. The van der Waals surface area contributed by atoms with Gasteiger partial charge in [0.05, 0.1) is 0 Å². The first kappa shape index (κ1) is 16.6. The summed E-state index contributed by atoms with van der Waals surface area (Å²) in [6.45, 7) is 5.94. The van der Waals surface area contributed by atoms with Crippen LogP contribution in [-0.2, 0) is 0 Å². The first-order chi connectivity index (χ1) is 12.0. The first-order valence-electron chi connectivity index (χ1n) is 8.08. The van der Waals surface area contributed by atoms with Gasteiger partial charge in [-0.15, -0.1) is 10.2 Å². The largest absolute Gasteiger partial charge is 0.339 e. The van der Waals surface area contributed by atoms with Gasteiger partial charge in [0.15, 0.2) is 11.5 Å². The number of hydrogen-bond acceptors (Lipinski definition) is 4. The Bertz CT molecular complexity index is 884. The summed E-state index contributed by atoms with van der Waals surface area (Å²) < 4.78 is 0. The lowest BCUT2D eigenvalue weighted by atomic mass is 10.1. The Morgan fingerprint density at radius 2 is 1.48 bits per heavy atom. The molecule has 2 N–H and O–H groups in total. The van der Waals surface area contributed by atoms with Gasteiger partial charge < -0.3 is 10.6 Å². The van der Waals surface area contributed by atoms with Crippen LogP contribution >= 0.6 is 0 Å². The fourth-order valence-corrected chi connectivity index (χ4v) is 2.56. The Labute approximate surface area is 147 Å². The molecular formula is C20H20N4O. The predicted octanol–water partition coefficient (Wildman–Crippen LogP) is 4.40. The summed E-state index contributed by atoms with van der Waals surface area (Å²) in [7, 11) is 0. The van der Waals surface area contributed by atoms with Gasteiger partial charge in [-0.1, -0.05) is 36.4 Å². The molecule has 0 radical (unpaired) electrons. The summed E-state index contributed by atoms with van der Waals surface area (Å²) >= 11 is 0. The second-order valence-electron chi connectivity index (χ2n) is 5.96. The zero-order valence-electron chi connectivity index (χ0n) is 14.5. The van der Waals surface area contributed by atoms with Crippen molar-refractivity contribution >= 4 is 23.1 Å². The average molecular weight is 332 g/mol. The van der Waals surface area contributed by atoms with E-state index in [2.05, 4.69) is 20.8 Å². The van der Waals surface area contributed by atoms with E-state index in [0.717, 1.165) is 28.1 Å². The first-order valence-corrected chi connectivity index (χ1v) is 8.08. The van der Waals surface area contributed by atoms with Gasteiger partial charge in [-0.2, -0.15) is 0 Å². The van der Waals surface area contributed by atoms with Crippen LogP contribution in [0.1, 0.15) is 27.2 Å². The van der Waals surface area contributed by atoms with E-state index in [9.17, 15) is 4.79 Å². The van der Waals surface area contributed by atoms with Crippen molar-refractivity contribution in [1.29, 1.82) is 0 Å². The Balaban J connectivity index is 1.74. The number of carbonyl (C=O) groups is 1. The zero-order valence-corrected chi connectivity index (χ0v) is 14.5. The lowest BCUT2D eigenvalue weighted by Gasteiger charge is -2.11. The number of nitrogens with zero attached hydrogens (tertiary/aromatic N) is 2. The van der Waals surface area contributed by atoms with Crippen molar-refractivity contribution < 1.29 is 4.79 Å². The molecule has 3 rings (SSSR count). The topological polar surface area (TPSA) is 66.9 Å². The minimum absolute atomic E-state index is 0.271. The molecule has 25 heavy (non-hydrogen) atoms. The molecule has 0 fully saturated rings. The summed E-state index contributed by atoms with van der Waals surface area (Å²) in [5.41, 5.74) is 5.19. The van der Waals surface area contributed by atoms with Crippen LogP contribution < -0.4 is 10.6 Å². The lowest BCUT2D eigenvalue weighted by Crippen LogP contribution is -2.16. The van der Waals surface area contributed by atoms with Crippen LogP contribution in [0.25, 0.3) is 0 Å². The Hall–Kier alpha value is -3.21. The van der Waals surface area contributed by atoms with E-state index in [-0.39, 0.29) is 11.6 Å². The van der Waals surface area contributed by atoms with Crippen LogP contribution in [0.15, 0.2) is 54.6 Å². The van der Waals surface area contributed by atoms with Crippen molar-refractivity contribution in [1.82, 2.24) is 10.2 Å². The van der Waals surface area contributed by atoms with E-state index >= 15 is 0 Å². The molecule has 0 bridgehead atoms. The minimum Gasteiger partial charge on any atom is -0.339 e. The molecule has 3 aromatic rings. The smallest absolute Gasteiger partial charge is 0.276 e. The Morgan fingerprint density at radius 1 is 0.800 bits per heavy atom. The molecule has 0 saturated carbocycles. The number of para-hydroxylation sites is 2. The van der Waals surface area contributed by atoms with Crippen LogP contribution in [0.4, 0.5) is 17.2 Å². The highest BCUT2D eigenvalue weighted by Gasteiger charge is 2.11. The van der Waals surface area contributed by atoms with Crippen molar-refractivity contribution in [3.63, 3.8) is 0 Å². The third-order valence-corrected chi connectivity index (χ3v) is 4.02. The Morgan fingerprint density at radius 3 is 2.12 bits per heavy atom. The molecule has 0 atom stereocenters. The van der Waals surface area contributed by atoms with Crippen LogP contribution in [0.2, 0.25) is 0 Å². The van der Waals surface area contributed by atoms with Crippen LogP contribution in [-0.4, -0.2) is 16.1 Å². The van der Waals surface area contributed by atoms with Gasteiger partial charge in [-0.3, -0.25) is 4.79 Å². The third kappa shape index (κ3) is 3.83. The molecule has 0 unspecified atom stereocenters. The highest BCUT2D eigenvalue weighted by atomic mass is 16.1. The molecule has 0 aliphatic carbocycles. The second kappa shape index (κ2) is 7.13. The Kier molecular flexibility index (Phi) is 4.75. The maximum absolute atomic E-state index is 12.4. The van der Waals surface area contributed by atoms with Crippen LogP contribution in [0, 0.1) is 20.8 Å². The van der Waals surface area contributed by atoms with E-state index < -0.39 is 0 Å². The molecule has 5 heteroatoms. The predicted molar refractivity (Wildman–Crippen MR) is 100 cm³/mol. The highest BCUT2D eigenvalue weighted by molar-refractivity contribution is 6.03. The lowest BCUT2D eigenvalue weighted by molar-refractivity contribution is 0.102. The molecule has 1 amide bonds. The molecule has 0 aliphatic heterocycles. The van der Waals surface area contributed by atoms with Crippen molar-refractivity contribution in [3.05, 3.63) is 77.0 Å². The van der Waals surface area contributed by atoms with Gasteiger partial charge in [0, 0.05) is 11.4 Å². The van der Waals surface area contributed by atoms with Gasteiger partial charge in [-0.25, -0.2) is 0 Å². The van der Waals surface area contributed by atoms with Crippen molar-refractivity contribution in [2.75, 3.05) is 10.6 Å². The fourth-order valence-electron chi connectivity index (χ4n) is 2.56. The summed E-state index contributed by atoms with van der Waals surface area (Å²) in [5, 5.41) is 14.2. The normalized spacial score (nSPS) is 10.4. The zero-order chi connectivity index (χ0) is 17.8. The number of nitrogens with one attached hydrogen (secondary N) is 2. The molecule has 5 nitrogen and oxygen atoms in total. The monoisotopic (exact) mass is 332 g/mol. The molecular weight excluding hydrogens is 312 g/mol. The molecule has 2 aromatic carbocycles. The van der Waals surface area contributed by atoms with Gasteiger partial charge >= 0.3 is 0 Å². The van der Waals surface area contributed by atoms with E-state index in [1.165, 1.54) is 0 Å². The summed E-state index contributed by atoms with van der Waals surface area (Å²) in [6.07, 6.45) is 0. The maximum Gasteiger partial charge on any atom is 0.276 e. The molecule has 126 valence electrons. The number of hydrogen-bond donors (Lipinski definition) is 2. The van der Waals surface area contributed by atoms with Crippen LogP contribution in [0.5, 0.6) is 0 Å². The van der Waals surface area contributed by atoms with E-state index in [0.29, 0.717) is 5.82 Å². The SMILES string of the molecule is Cc1ccccc1Nc1ccc(C(=O)Nc2c(C)cccc2C)nn1. The van der Waals surface area contributed by atoms with Gasteiger partial charge in [0.1, 0.15) is 0 Å². The van der Waals surface area contributed by atoms with Gasteiger partial charge in [0.25, 0.3) is 5.91 Å². The number of benzene rings is 2. The minimum atomic E-state index is -0.271. The molecule has 0 aliphatic rings. The number of anilines is 3. The highest BCUT2D eigenvalue weighted by Crippen LogP contribution is 2.21. The van der Waals surface area contributed by atoms with Crippen molar-refractivity contribution in [3.8, 4) is 0 Å². The third-order valence-electron chi connectivity index (χ3n) is 4.02. The summed E-state index contributed by atoms with van der Waals surface area (Å²) in [6, 6.07) is 17.2. The number of aryl methyl sites for hydroxylation is 3. The van der Waals surface area contributed by atoms with Crippen LogP contribution in [0.3, 0.4) is 0 Å². The quantitative estimate of drug-likeness (QED) is 0.743. The summed E-state index contributed by atoms with van der Waals surface area (Å²) in [4.78, 5) is 12.4. The van der Waals surface area contributed by atoms with Crippen molar-refractivity contribution in [2.45, 2.75) is 20.8 Å². The second-order valence-corrected chi connectivity index (χ2v) is 5.96. The molecule has 1 heterocycles. The van der Waals surface area contributed by atoms with Gasteiger partial charge in [-0.05, 0) is 55.7 Å². The fraction of sp³-hybridized carbons (Fsp3) is 0.150. The van der Waals surface area contributed by atoms with E-state index in [4.69, 9.17) is 0 Å². The maximum atomic E-state index is 12.4. The van der Waals surface area contributed by atoms with Crippen molar-refractivity contribution in [2.24, 2.45) is 0 Å². The molecule has 0 saturated heterocycles. The summed E-state index contributed by atoms with van der Waals surface area (Å²) in [5.74, 6) is 0.324. The van der Waals surface area contributed by atoms with E-state index in [1.54, 1.807) is 12.1 Å². The number of carbonyl (C=O) groups excluding carboxylic acids is 1.